The maximum atomic E-state index is 11.6. The Balaban J connectivity index is 2.85. The summed E-state index contributed by atoms with van der Waals surface area (Å²) in [6.07, 6.45) is -0.614. The Kier molecular flexibility index (Phi) is 4.01. The zero-order valence-electron chi connectivity index (χ0n) is 9.53. The summed E-state index contributed by atoms with van der Waals surface area (Å²) in [6.45, 7) is 1.66. The van der Waals surface area contributed by atoms with Crippen LogP contribution >= 0.6 is 11.6 Å². The highest BCUT2D eigenvalue weighted by molar-refractivity contribution is 6.32. The number of carbonyl (C=O) groups excluding carboxylic acids is 1. The molecule has 1 amide bonds. The second-order valence-electron chi connectivity index (χ2n) is 3.65. The Morgan fingerprint density at radius 2 is 2.12 bits per heavy atom. The van der Waals surface area contributed by atoms with E-state index in [0.717, 1.165) is 0 Å². The van der Waals surface area contributed by atoms with Gasteiger partial charge >= 0.3 is 0 Å². The lowest BCUT2D eigenvalue weighted by molar-refractivity contribution is -0.135. The Hall–Kier alpha value is -1.42. The zero-order chi connectivity index (χ0) is 12.3. The number of ether oxygens (including phenoxy) is 1. The van der Waals surface area contributed by atoms with Crippen LogP contribution in [0.1, 0.15) is 6.92 Å². The summed E-state index contributed by atoms with van der Waals surface area (Å²) >= 11 is 5.93. The van der Waals surface area contributed by atoms with Crippen LogP contribution < -0.4 is 10.5 Å². The standard InChI is InChI=1S/C11H15ClN2O2/c1-7(11(15)14(2)3)16-10-8(12)5-4-6-9(10)13/h4-7H,13H2,1-3H3. The molecule has 0 spiro atoms. The molecular formula is C11H15ClN2O2. The molecule has 0 aliphatic heterocycles. The predicted molar refractivity (Wildman–Crippen MR) is 64.6 cm³/mol. The molecule has 16 heavy (non-hydrogen) atoms. The van der Waals surface area contributed by atoms with Crippen molar-refractivity contribution < 1.29 is 9.53 Å². The highest BCUT2D eigenvalue weighted by Gasteiger charge is 2.18. The largest absolute Gasteiger partial charge is 0.477 e. The van der Waals surface area contributed by atoms with Crippen LogP contribution in [-0.4, -0.2) is 31.0 Å². The number of nitrogens with zero attached hydrogens (tertiary/aromatic N) is 1. The molecule has 1 aromatic rings. The first kappa shape index (κ1) is 12.6. The van der Waals surface area contributed by atoms with Crippen molar-refractivity contribution in [3.05, 3.63) is 23.2 Å². The van der Waals surface area contributed by atoms with Crippen LogP contribution in [-0.2, 0) is 4.79 Å². The summed E-state index contributed by atoms with van der Waals surface area (Å²) in [7, 11) is 3.33. The van der Waals surface area contributed by atoms with Crippen LogP contribution in [0.4, 0.5) is 5.69 Å². The van der Waals surface area contributed by atoms with Crippen molar-refractivity contribution in [1.29, 1.82) is 0 Å². The average molecular weight is 243 g/mol. The van der Waals surface area contributed by atoms with Gasteiger partial charge in [0.25, 0.3) is 5.91 Å². The molecule has 5 heteroatoms. The minimum absolute atomic E-state index is 0.140. The van der Waals surface area contributed by atoms with Gasteiger partial charge in [-0.2, -0.15) is 0 Å². The van der Waals surface area contributed by atoms with E-state index in [-0.39, 0.29) is 5.91 Å². The van der Waals surface area contributed by atoms with E-state index in [1.54, 1.807) is 39.2 Å². The fourth-order valence-electron chi connectivity index (χ4n) is 1.24. The number of nitrogens with two attached hydrogens (primary N) is 1. The normalized spacial score (nSPS) is 12.0. The van der Waals surface area contributed by atoms with E-state index in [1.807, 2.05) is 0 Å². The summed E-state index contributed by atoms with van der Waals surface area (Å²) in [6, 6.07) is 5.07. The van der Waals surface area contributed by atoms with Crippen molar-refractivity contribution in [2.45, 2.75) is 13.0 Å². The van der Waals surface area contributed by atoms with E-state index >= 15 is 0 Å². The van der Waals surface area contributed by atoms with Gasteiger partial charge in [-0.1, -0.05) is 17.7 Å². The number of anilines is 1. The number of hydrogen-bond acceptors (Lipinski definition) is 3. The molecule has 0 saturated carbocycles. The third kappa shape index (κ3) is 2.79. The van der Waals surface area contributed by atoms with Crippen LogP contribution in [0.15, 0.2) is 18.2 Å². The first-order valence-electron chi connectivity index (χ1n) is 4.85. The van der Waals surface area contributed by atoms with Crippen molar-refractivity contribution in [2.24, 2.45) is 0 Å². The molecule has 0 bridgehead atoms. The lowest BCUT2D eigenvalue weighted by Crippen LogP contribution is -2.35. The second kappa shape index (κ2) is 5.07. The van der Waals surface area contributed by atoms with Gasteiger partial charge in [0.05, 0.1) is 10.7 Å². The smallest absolute Gasteiger partial charge is 0.262 e. The first-order valence-corrected chi connectivity index (χ1v) is 5.23. The van der Waals surface area contributed by atoms with Crippen molar-refractivity contribution in [3.8, 4) is 5.75 Å². The first-order chi connectivity index (χ1) is 7.43. The number of halogens is 1. The van der Waals surface area contributed by atoms with Crippen molar-refractivity contribution in [3.63, 3.8) is 0 Å². The number of amides is 1. The Morgan fingerprint density at radius 1 is 1.50 bits per heavy atom. The highest BCUT2D eigenvalue weighted by atomic mass is 35.5. The molecule has 0 saturated heterocycles. The molecule has 0 aliphatic carbocycles. The van der Waals surface area contributed by atoms with Crippen LogP contribution in [0.25, 0.3) is 0 Å². The average Bonchev–Trinajstić information content (AvgIpc) is 2.22. The molecule has 0 radical (unpaired) electrons. The number of rotatable bonds is 3. The Morgan fingerprint density at radius 3 is 2.62 bits per heavy atom. The van der Waals surface area contributed by atoms with Crippen molar-refractivity contribution >= 4 is 23.2 Å². The number of nitrogen functional groups attached to an aromatic ring is 1. The number of likely N-dealkylation sites (N-methyl/N-ethyl adjacent to an activating group) is 1. The topological polar surface area (TPSA) is 55.6 Å². The molecule has 4 nitrogen and oxygen atoms in total. The maximum Gasteiger partial charge on any atom is 0.262 e. The van der Waals surface area contributed by atoms with Gasteiger partial charge in [0.1, 0.15) is 0 Å². The second-order valence-corrected chi connectivity index (χ2v) is 4.06. The quantitative estimate of drug-likeness (QED) is 0.822. The predicted octanol–water partition coefficient (Wildman–Crippen LogP) is 1.78. The van der Waals surface area contributed by atoms with Gasteiger partial charge in [0, 0.05) is 14.1 Å². The number of benzene rings is 1. The minimum Gasteiger partial charge on any atom is -0.477 e. The summed E-state index contributed by atoms with van der Waals surface area (Å²) in [4.78, 5) is 13.0. The van der Waals surface area contributed by atoms with E-state index in [4.69, 9.17) is 22.1 Å². The minimum atomic E-state index is -0.614. The van der Waals surface area contributed by atoms with Gasteiger partial charge in [-0.25, -0.2) is 0 Å². The third-order valence-corrected chi connectivity index (χ3v) is 2.38. The van der Waals surface area contributed by atoms with Gasteiger partial charge in [0.15, 0.2) is 11.9 Å². The number of hydrogen-bond donors (Lipinski definition) is 1. The van der Waals surface area contributed by atoms with Gasteiger partial charge in [-0.05, 0) is 19.1 Å². The van der Waals surface area contributed by atoms with Gasteiger partial charge < -0.3 is 15.4 Å². The molecule has 0 fully saturated rings. The van der Waals surface area contributed by atoms with Crippen LogP contribution in [0.2, 0.25) is 5.02 Å². The molecule has 0 aromatic heterocycles. The van der Waals surface area contributed by atoms with E-state index in [0.29, 0.717) is 16.5 Å². The van der Waals surface area contributed by atoms with Crippen molar-refractivity contribution in [1.82, 2.24) is 4.90 Å². The molecule has 1 rings (SSSR count). The van der Waals surface area contributed by atoms with Crippen LogP contribution in [0, 0.1) is 0 Å². The molecule has 0 heterocycles. The highest BCUT2D eigenvalue weighted by Crippen LogP contribution is 2.31. The fourth-order valence-corrected chi connectivity index (χ4v) is 1.47. The number of para-hydroxylation sites is 1. The zero-order valence-corrected chi connectivity index (χ0v) is 10.3. The number of carbonyl (C=O) groups is 1. The van der Waals surface area contributed by atoms with Crippen molar-refractivity contribution in [2.75, 3.05) is 19.8 Å². The monoisotopic (exact) mass is 242 g/mol. The van der Waals surface area contributed by atoms with Gasteiger partial charge in [-0.3, -0.25) is 4.79 Å². The molecule has 2 N–H and O–H groups in total. The van der Waals surface area contributed by atoms with Crippen LogP contribution in [0.5, 0.6) is 5.75 Å². The summed E-state index contributed by atoms with van der Waals surface area (Å²) in [5.41, 5.74) is 6.13. The van der Waals surface area contributed by atoms with Gasteiger partial charge in [0.2, 0.25) is 0 Å². The molecule has 88 valence electrons. The molecular weight excluding hydrogens is 228 g/mol. The summed E-state index contributed by atoms with van der Waals surface area (Å²) in [5.74, 6) is 0.214. The van der Waals surface area contributed by atoms with Crippen LogP contribution in [0.3, 0.4) is 0 Å². The Labute approximate surface area is 99.9 Å². The fraction of sp³-hybridized carbons (Fsp3) is 0.364. The lowest BCUT2D eigenvalue weighted by atomic mass is 10.3. The van der Waals surface area contributed by atoms with E-state index < -0.39 is 6.10 Å². The molecule has 1 unspecified atom stereocenters. The summed E-state index contributed by atoms with van der Waals surface area (Å²) in [5, 5.41) is 0.401. The van der Waals surface area contributed by atoms with E-state index in [1.165, 1.54) is 4.90 Å². The SMILES string of the molecule is CC(Oc1c(N)cccc1Cl)C(=O)N(C)C. The lowest BCUT2D eigenvalue weighted by Gasteiger charge is -2.19. The maximum absolute atomic E-state index is 11.6. The molecule has 0 aliphatic rings. The summed E-state index contributed by atoms with van der Waals surface area (Å²) < 4.78 is 5.45. The molecule has 1 atom stereocenters. The van der Waals surface area contributed by atoms with Gasteiger partial charge in [-0.15, -0.1) is 0 Å². The third-order valence-electron chi connectivity index (χ3n) is 2.08. The Bertz CT molecular complexity index is 373. The van der Waals surface area contributed by atoms with E-state index in [9.17, 15) is 4.79 Å². The van der Waals surface area contributed by atoms with E-state index in [2.05, 4.69) is 0 Å². The molecule has 1 aromatic carbocycles.